The number of hydrogen-bond donors (Lipinski definition) is 2. The molecule has 0 aromatic heterocycles. The van der Waals surface area contributed by atoms with Crippen LogP contribution in [0.5, 0.6) is 0 Å². The molecule has 0 radical (unpaired) electrons. The summed E-state index contributed by atoms with van der Waals surface area (Å²) in [5.74, 6) is 0.0233. The van der Waals surface area contributed by atoms with E-state index < -0.39 is 12.1 Å². The van der Waals surface area contributed by atoms with E-state index in [0.717, 1.165) is 44.3 Å². The van der Waals surface area contributed by atoms with E-state index in [1.807, 2.05) is 0 Å². The van der Waals surface area contributed by atoms with Crippen LogP contribution < -0.4 is 5.73 Å². The van der Waals surface area contributed by atoms with Crippen LogP contribution in [0, 0.1) is 12.8 Å². The molecule has 3 atom stereocenters. The molecule has 1 aromatic rings. The van der Waals surface area contributed by atoms with Crippen molar-refractivity contribution in [3.8, 4) is 0 Å². The quantitative estimate of drug-likeness (QED) is 0.817. The van der Waals surface area contributed by atoms with Crippen molar-refractivity contribution in [1.82, 2.24) is 4.90 Å². The zero-order chi connectivity index (χ0) is 18.7. The van der Waals surface area contributed by atoms with Gasteiger partial charge in [0.2, 0.25) is 5.91 Å². The summed E-state index contributed by atoms with van der Waals surface area (Å²) in [6.45, 7) is 5.75. The molecule has 0 saturated carbocycles. The van der Waals surface area contributed by atoms with Gasteiger partial charge in [0.15, 0.2) is 0 Å². The maximum atomic E-state index is 12.6. The van der Waals surface area contributed by atoms with Crippen molar-refractivity contribution in [1.29, 1.82) is 0 Å². The second-order valence-electron chi connectivity index (χ2n) is 7.59. The number of hydrogen-bond acceptors (Lipinski definition) is 3. The van der Waals surface area contributed by atoms with Crippen LogP contribution in [0.3, 0.4) is 0 Å². The van der Waals surface area contributed by atoms with Gasteiger partial charge in [-0.2, -0.15) is 0 Å². The highest BCUT2D eigenvalue weighted by atomic mass is 16.3. The molecule has 1 amide bonds. The lowest BCUT2D eigenvalue weighted by Crippen LogP contribution is -2.50. The van der Waals surface area contributed by atoms with Crippen molar-refractivity contribution >= 4 is 11.5 Å². The highest BCUT2D eigenvalue weighted by molar-refractivity contribution is 5.83. The molecule has 140 valence electrons. The Hall–Kier alpha value is -1.91. The largest absolute Gasteiger partial charge is 0.387 e. The summed E-state index contributed by atoms with van der Waals surface area (Å²) in [6, 6.07) is 7.52. The molecule has 0 spiro atoms. The summed E-state index contributed by atoms with van der Waals surface area (Å²) in [5.41, 5.74) is 10.9. The molecule has 0 bridgehead atoms. The van der Waals surface area contributed by atoms with Crippen LogP contribution in [0.2, 0.25) is 0 Å². The van der Waals surface area contributed by atoms with E-state index in [1.165, 1.54) is 16.7 Å². The van der Waals surface area contributed by atoms with Gasteiger partial charge in [-0.15, -0.1) is 0 Å². The molecule has 4 heteroatoms. The molecule has 3 rings (SSSR count). The van der Waals surface area contributed by atoms with Crippen LogP contribution in [-0.2, 0) is 4.79 Å². The van der Waals surface area contributed by atoms with Crippen LogP contribution in [-0.4, -0.2) is 41.1 Å². The lowest BCUT2D eigenvalue weighted by molar-refractivity contribution is -0.133. The van der Waals surface area contributed by atoms with E-state index in [-0.39, 0.29) is 11.8 Å². The molecule has 1 unspecified atom stereocenters. The van der Waals surface area contributed by atoms with Crippen molar-refractivity contribution in [2.75, 3.05) is 13.1 Å². The minimum Gasteiger partial charge on any atom is -0.387 e. The standard InChI is InChI=1S/C22H30N2O2/c1-15-8-3-4-10-18(15)17-9-7-11-19(16(2)14-17)21(25)20(23)22(26)24-12-5-6-13-24/h3-4,8-11,16,20-21,25H,5-7,12-14,23H2,1-2H3/t16?,20-,21+/m1/s1. The summed E-state index contributed by atoms with van der Waals surface area (Å²) in [6.07, 6.45) is 7.02. The maximum Gasteiger partial charge on any atom is 0.242 e. The van der Waals surface area contributed by atoms with Crippen LogP contribution in [0.25, 0.3) is 5.57 Å². The number of aryl methyl sites for hydroxylation is 1. The molecule has 1 aromatic carbocycles. The monoisotopic (exact) mass is 354 g/mol. The lowest BCUT2D eigenvalue weighted by atomic mass is 9.86. The third-order valence-electron chi connectivity index (χ3n) is 5.69. The molecular weight excluding hydrogens is 324 g/mol. The number of nitrogens with two attached hydrogens (primary N) is 1. The van der Waals surface area contributed by atoms with Gasteiger partial charge in [0.1, 0.15) is 6.04 Å². The highest BCUT2D eigenvalue weighted by Crippen LogP contribution is 2.33. The van der Waals surface area contributed by atoms with Crippen LogP contribution in [0.15, 0.2) is 42.0 Å². The first-order valence-electron chi connectivity index (χ1n) is 9.66. The average molecular weight is 354 g/mol. The number of aliphatic hydroxyl groups is 1. The first kappa shape index (κ1) is 18.9. The van der Waals surface area contributed by atoms with Crippen molar-refractivity contribution in [3.05, 3.63) is 53.1 Å². The molecule has 1 heterocycles. The first-order chi connectivity index (χ1) is 12.5. The van der Waals surface area contributed by atoms with E-state index in [9.17, 15) is 9.90 Å². The smallest absolute Gasteiger partial charge is 0.242 e. The van der Waals surface area contributed by atoms with Crippen molar-refractivity contribution in [2.45, 2.75) is 51.7 Å². The highest BCUT2D eigenvalue weighted by Gasteiger charge is 2.33. The summed E-state index contributed by atoms with van der Waals surface area (Å²) in [7, 11) is 0. The van der Waals surface area contributed by atoms with Crippen molar-refractivity contribution in [2.24, 2.45) is 11.7 Å². The number of likely N-dealkylation sites (tertiary alicyclic amines) is 1. The third-order valence-corrected chi connectivity index (χ3v) is 5.69. The number of nitrogens with zero attached hydrogens (tertiary/aromatic N) is 1. The second kappa shape index (κ2) is 8.19. The van der Waals surface area contributed by atoms with Gasteiger partial charge in [-0.1, -0.05) is 43.3 Å². The first-order valence-corrected chi connectivity index (χ1v) is 9.66. The minimum absolute atomic E-state index is 0.126. The van der Waals surface area contributed by atoms with E-state index in [1.54, 1.807) is 4.90 Å². The van der Waals surface area contributed by atoms with Gasteiger partial charge in [-0.25, -0.2) is 0 Å². The summed E-state index contributed by atoms with van der Waals surface area (Å²) >= 11 is 0. The molecule has 1 saturated heterocycles. The number of carbonyl (C=O) groups is 1. The van der Waals surface area contributed by atoms with Gasteiger partial charge in [0, 0.05) is 13.1 Å². The van der Waals surface area contributed by atoms with Gasteiger partial charge in [0.05, 0.1) is 6.10 Å². The molecule has 3 N–H and O–H groups in total. The summed E-state index contributed by atoms with van der Waals surface area (Å²) in [5, 5.41) is 10.8. The van der Waals surface area contributed by atoms with Crippen LogP contribution in [0.1, 0.15) is 43.7 Å². The van der Waals surface area contributed by atoms with Gasteiger partial charge < -0.3 is 15.7 Å². The average Bonchev–Trinajstić information content (AvgIpc) is 3.10. The van der Waals surface area contributed by atoms with E-state index in [2.05, 4.69) is 50.3 Å². The Labute approximate surface area is 156 Å². The van der Waals surface area contributed by atoms with Gasteiger partial charge in [-0.05, 0) is 60.8 Å². The number of rotatable bonds is 4. The SMILES string of the molecule is Cc1ccccc1C1=CCC=C([C@H](O)[C@@H](N)C(=O)N2CCCC2)C(C)C1. The van der Waals surface area contributed by atoms with E-state index in [4.69, 9.17) is 5.73 Å². The third kappa shape index (κ3) is 3.92. The summed E-state index contributed by atoms with van der Waals surface area (Å²) < 4.78 is 0. The predicted molar refractivity (Wildman–Crippen MR) is 105 cm³/mol. The number of benzene rings is 1. The second-order valence-corrected chi connectivity index (χ2v) is 7.59. The molecule has 1 fully saturated rings. The minimum atomic E-state index is -0.914. The zero-order valence-electron chi connectivity index (χ0n) is 15.8. The molecule has 26 heavy (non-hydrogen) atoms. The zero-order valence-corrected chi connectivity index (χ0v) is 15.8. The Bertz CT molecular complexity index is 717. The van der Waals surface area contributed by atoms with Crippen LogP contribution >= 0.6 is 0 Å². The Morgan fingerprint density at radius 3 is 2.62 bits per heavy atom. The number of allylic oxidation sites excluding steroid dienone is 3. The Morgan fingerprint density at radius 2 is 1.92 bits per heavy atom. The van der Waals surface area contributed by atoms with Crippen LogP contribution in [0.4, 0.5) is 0 Å². The lowest BCUT2D eigenvalue weighted by Gasteiger charge is -2.28. The molecule has 4 nitrogen and oxygen atoms in total. The Balaban J connectivity index is 1.71. The fourth-order valence-corrected chi connectivity index (χ4v) is 4.13. The number of amides is 1. The number of carbonyl (C=O) groups excluding carboxylic acids is 1. The Kier molecular flexibility index (Phi) is 5.94. The number of aliphatic hydroxyl groups excluding tert-OH is 1. The fraction of sp³-hybridized carbons (Fsp3) is 0.500. The van der Waals surface area contributed by atoms with E-state index in [0.29, 0.717) is 0 Å². The van der Waals surface area contributed by atoms with Crippen molar-refractivity contribution in [3.63, 3.8) is 0 Å². The van der Waals surface area contributed by atoms with Gasteiger partial charge in [0.25, 0.3) is 0 Å². The predicted octanol–water partition coefficient (Wildman–Crippen LogP) is 3.05. The fourth-order valence-electron chi connectivity index (χ4n) is 4.13. The van der Waals surface area contributed by atoms with Gasteiger partial charge >= 0.3 is 0 Å². The van der Waals surface area contributed by atoms with E-state index >= 15 is 0 Å². The van der Waals surface area contributed by atoms with Gasteiger partial charge in [-0.3, -0.25) is 4.79 Å². The molecular formula is C22H30N2O2. The van der Waals surface area contributed by atoms with Crippen molar-refractivity contribution < 1.29 is 9.90 Å². The Morgan fingerprint density at radius 1 is 1.23 bits per heavy atom. The maximum absolute atomic E-state index is 12.6. The molecule has 1 aliphatic heterocycles. The topological polar surface area (TPSA) is 66.6 Å². The summed E-state index contributed by atoms with van der Waals surface area (Å²) in [4.78, 5) is 14.3. The normalized spacial score (nSPS) is 23.1. The molecule has 1 aliphatic carbocycles. The molecule has 2 aliphatic rings.